The first-order valence-electron chi connectivity index (χ1n) is 15.6. The number of aromatic amines is 1. The molecule has 0 aliphatic carbocycles. The van der Waals surface area contributed by atoms with Gasteiger partial charge in [-0.1, -0.05) is 117 Å². The first-order chi connectivity index (χ1) is 22.4. The summed E-state index contributed by atoms with van der Waals surface area (Å²) in [5, 5.41) is 4.33. The van der Waals surface area contributed by atoms with E-state index in [2.05, 4.69) is 127 Å². The van der Waals surface area contributed by atoms with Crippen LogP contribution in [0.5, 0.6) is 0 Å². The van der Waals surface area contributed by atoms with Gasteiger partial charge in [0, 0.05) is 17.7 Å². The summed E-state index contributed by atoms with van der Waals surface area (Å²) in [6, 6.07) is 27.6. The number of carbonyl (C=O) groups excluding carboxylic acids is 1. The number of H-pyrrole nitrogens is 1. The number of allylic oxidation sites excluding steroid dienone is 5. The summed E-state index contributed by atoms with van der Waals surface area (Å²) < 4.78 is 4.59. The van der Waals surface area contributed by atoms with Crippen LogP contribution in [-0.2, 0) is 4.75 Å². The highest BCUT2D eigenvalue weighted by atomic mass is 32.2. The maximum atomic E-state index is 10.9. The number of benzene rings is 3. The van der Waals surface area contributed by atoms with Gasteiger partial charge in [0.15, 0.2) is 6.29 Å². The van der Waals surface area contributed by atoms with Crippen molar-refractivity contribution in [2.45, 2.75) is 31.9 Å². The number of carbonyl (C=O) groups is 1. The van der Waals surface area contributed by atoms with E-state index in [1.165, 1.54) is 38.7 Å². The zero-order valence-electron chi connectivity index (χ0n) is 27.2. The molecule has 46 heavy (non-hydrogen) atoms. The van der Waals surface area contributed by atoms with E-state index < -0.39 is 0 Å². The smallest absolute Gasteiger partial charge is 0.166 e. The van der Waals surface area contributed by atoms with Gasteiger partial charge in [-0.15, -0.1) is 23.5 Å². The summed E-state index contributed by atoms with van der Waals surface area (Å²) in [5.74, 6) is 2.86. The van der Waals surface area contributed by atoms with E-state index in [-0.39, 0.29) is 4.75 Å². The fraction of sp³-hybridized carbons (Fsp3) is 0.256. The fourth-order valence-corrected chi connectivity index (χ4v) is 9.25. The number of hydrogen-bond acceptors (Lipinski definition) is 6. The van der Waals surface area contributed by atoms with E-state index in [1.54, 1.807) is 11.9 Å². The summed E-state index contributed by atoms with van der Waals surface area (Å²) in [6.45, 7) is 11.3. The zero-order chi connectivity index (χ0) is 32.8. The molecule has 2 heterocycles. The molecular formula is C39H45N3OS3. The molecule has 4 nitrogen and oxygen atoms in total. The summed E-state index contributed by atoms with van der Waals surface area (Å²) in [4.78, 5) is 14.1. The van der Waals surface area contributed by atoms with Gasteiger partial charge in [-0.05, 0) is 79.3 Å². The molecule has 0 saturated carbocycles. The second-order valence-corrected chi connectivity index (χ2v) is 14.8. The van der Waals surface area contributed by atoms with Gasteiger partial charge in [0.1, 0.15) is 0 Å². The second-order valence-electron chi connectivity index (χ2n) is 11.2. The highest BCUT2D eigenvalue weighted by Gasteiger charge is 2.36. The Morgan fingerprint density at radius 3 is 2.37 bits per heavy atom. The minimum Gasteiger partial charge on any atom is -0.351 e. The van der Waals surface area contributed by atoms with E-state index in [0.29, 0.717) is 11.6 Å². The molecule has 0 saturated heterocycles. The van der Waals surface area contributed by atoms with Gasteiger partial charge >= 0.3 is 0 Å². The molecule has 5 rings (SSSR count). The summed E-state index contributed by atoms with van der Waals surface area (Å²) in [7, 11) is 2.00. The molecule has 1 unspecified atom stereocenters. The van der Waals surface area contributed by atoms with Crippen LogP contribution in [0.25, 0.3) is 10.9 Å². The number of anilines is 1. The van der Waals surface area contributed by atoms with Crippen LogP contribution in [0.3, 0.4) is 0 Å². The van der Waals surface area contributed by atoms with E-state index in [9.17, 15) is 4.79 Å². The van der Waals surface area contributed by atoms with Crippen LogP contribution in [0, 0.1) is 12.8 Å². The van der Waals surface area contributed by atoms with Gasteiger partial charge in [-0.3, -0.25) is 4.79 Å². The third-order valence-electron chi connectivity index (χ3n) is 7.83. The lowest BCUT2D eigenvalue weighted by atomic mass is 9.84. The van der Waals surface area contributed by atoms with Gasteiger partial charge in [-0.25, -0.2) is 0 Å². The normalized spacial score (nSPS) is 15.3. The maximum absolute atomic E-state index is 10.9. The van der Waals surface area contributed by atoms with Crippen LogP contribution < -0.4 is 10.0 Å². The predicted molar refractivity (Wildman–Crippen MR) is 207 cm³/mol. The maximum Gasteiger partial charge on any atom is 0.166 e. The van der Waals surface area contributed by atoms with Crippen molar-refractivity contribution in [3.8, 4) is 0 Å². The highest BCUT2D eigenvalue weighted by molar-refractivity contribution is 8.22. The molecule has 0 radical (unpaired) electrons. The van der Waals surface area contributed by atoms with Gasteiger partial charge < -0.3 is 15.0 Å². The van der Waals surface area contributed by atoms with Crippen molar-refractivity contribution in [1.82, 2.24) is 10.3 Å². The summed E-state index contributed by atoms with van der Waals surface area (Å²) in [6.07, 6.45) is 12.5. The Hall–Kier alpha value is -3.36. The van der Waals surface area contributed by atoms with Gasteiger partial charge in [0.05, 0.1) is 25.9 Å². The molecule has 0 fully saturated rings. The summed E-state index contributed by atoms with van der Waals surface area (Å²) >= 11 is 5.54. The van der Waals surface area contributed by atoms with E-state index in [4.69, 9.17) is 0 Å². The fourth-order valence-electron chi connectivity index (χ4n) is 5.35. The van der Waals surface area contributed by atoms with Crippen molar-refractivity contribution in [3.63, 3.8) is 0 Å². The number of aryl methyl sites for hydroxylation is 1. The Kier molecular flexibility index (Phi) is 14.0. The SMILES string of the molecule is C=C/C=C\C=C(/C)C(SCCNC)(c1ccccc1)c1ccccc1.Cc1ccc2cc(C=O)[nH]c2c1NSC1=CC(C)CCS1. The van der Waals surface area contributed by atoms with Crippen molar-refractivity contribution in [2.24, 2.45) is 5.92 Å². The van der Waals surface area contributed by atoms with E-state index in [0.717, 1.165) is 35.2 Å². The van der Waals surface area contributed by atoms with Crippen LogP contribution in [0.15, 0.2) is 126 Å². The minimum absolute atomic E-state index is 0.203. The van der Waals surface area contributed by atoms with Crippen molar-refractivity contribution in [3.05, 3.63) is 148 Å². The lowest BCUT2D eigenvalue weighted by molar-refractivity contribution is 0.112. The standard InChI is InChI=1S/C23H27NS.C16H18N2OS2/c1-4-5-8-13-20(2)23(25-19-18-24-3,21-14-9-6-10-15-21)22-16-11-7-12-17-22;1-10-5-6-20-14(7-10)21-18-15-11(2)3-4-12-8-13(9-19)17-16(12)15/h4-17,24H,1,18-19H2,2-3H3;3-4,7-10,17-18H,5-6H2,1-2H3/b8-5-,20-13+;. The predicted octanol–water partition coefficient (Wildman–Crippen LogP) is 10.5. The molecule has 0 amide bonds. The highest BCUT2D eigenvalue weighted by Crippen LogP contribution is 2.48. The summed E-state index contributed by atoms with van der Waals surface area (Å²) in [5.41, 5.74) is 7.77. The number of fused-ring (bicyclic) bond motifs is 1. The first-order valence-corrected chi connectivity index (χ1v) is 18.4. The average molecular weight is 668 g/mol. The van der Waals surface area contributed by atoms with Gasteiger partial charge in [0.25, 0.3) is 0 Å². The van der Waals surface area contributed by atoms with E-state index in [1.807, 2.05) is 54.9 Å². The van der Waals surface area contributed by atoms with Crippen LogP contribution in [-0.4, -0.2) is 36.4 Å². The van der Waals surface area contributed by atoms with Crippen LogP contribution in [0.4, 0.5) is 5.69 Å². The molecule has 1 aliphatic rings. The lowest BCUT2D eigenvalue weighted by Gasteiger charge is -2.36. The number of aromatic nitrogens is 1. The monoisotopic (exact) mass is 667 g/mol. The van der Waals surface area contributed by atoms with Crippen LogP contribution in [0.2, 0.25) is 0 Å². The van der Waals surface area contributed by atoms with Crippen molar-refractivity contribution in [1.29, 1.82) is 0 Å². The van der Waals surface area contributed by atoms with E-state index >= 15 is 0 Å². The Labute approximate surface area is 287 Å². The molecule has 1 aromatic heterocycles. The third-order valence-corrected chi connectivity index (χ3v) is 11.6. The lowest BCUT2D eigenvalue weighted by Crippen LogP contribution is -2.27. The van der Waals surface area contributed by atoms with Gasteiger partial charge in [-0.2, -0.15) is 0 Å². The van der Waals surface area contributed by atoms with Crippen molar-refractivity contribution in [2.75, 3.05) is 29.8 Å². The molecule has 0 bridgehead atoms. The topological polar surface area (TPSA) is 56.9 Å². The second kappa shape index (κ2) is 18.1. The minimum atomic E-state index is -0.203. The van der Waals surface area contributed by atoms with Gasteiger partial charge in [0.2, 0.25) is 0 Å². The Bertz CT molecular complexity index is 1620. The largest absolute Gasteiger partial charge is 0.351 e. The number of aldehydes is 1. The molecule has 7 heteroatoms. The molecule has 1 aliphatic heterocycles. The van der Waals surface area contributed by atoms with Crippen molar-refractivity contribution >= 4 is 58.3 Å². The quantitative estimate of drug-likeness (QED) is 0.0571. The molecule has 240 valence electrons. The van der Waals surface area contributed by atoms with Crippen LogP contribution >= 0.6 is 35.5 Å². The Morgan fingerprint density at radius 1 is 1.07 bits per heavy atom. The number of thioether (sulfide) groups is 2. The first kappa shape index (κ1) is 35.5. The number of rotatable bonds is 13. The zero-order valence-corrected chi connectivity index (χ0v) is 29.7. The molecule has 3 N–H and O–H groups in total. The number of hydrogen-bond donors (Lipinski definition) is 3. The molecular weight excluding hydrogens is 623 g/mol. The Balaban J connectivity index is 0.000000211. The van der Waals surface area contributed by atoms with Crippen LogP contribution in [0.1, 0.15) is 47.4 Å². The molecule has 3 aromatic carbocycles. The molecule has 0 spiro atoms. The number of nitrogens with one attached hydrogen (secondary N) is 3. The average Bonchev–Trinajstić information content (AvgIpc) is 3.51. The molecule has 1 atom stereocenters. The third kappa shape index (κ3) is 9.13. The molecule has 4 aromatic rings. The van der Waals surface area contributed by atoms with Crippen molar-refractivity contribution < 1.29 is 4.79 Å². The Morgan fingerprint density at radius 2 is 1.76 bits per heavy atom.